The van der Waals surface area contributed by atoms with Crippen molar-refractivity contribution < 1.29 is 13.2 Å². The number of aromatic nitrogens is 2. The zero-order chi connectivity index (χ0) is 20.3. The van der Waals surface area contributed by atoms with Crippen molar-refractivity contribution in [3.8, 4) is 0 Å². The zero-order valence-electron chi connectivity index (χ0n) is 15.7. The van der Waals surface area contributed by atoms with Crippen molar-refractivity contribution in [3.63, 3.8) is 0 Å². The molecule has 152 valence electrons. The van der Waals surface area contributed by atoms with Gasteiger partial charge in [-0.1, -0.05) is 17.7 Å². The zero-order valence-corrected chi connectivity index (χ0v) is 16.4. The van der Waals surface area contributed by atoms with E-state index < -0.39 is 11.9 Å². The number of alkyl halides is 3. The lowest BCUT2D eigenvalue weighted by molar-refractivity contribution is -0.142. The number of rotatable bonds is 3. The van der Waals surface area contributed by atoms with Crippen LogP contribution in [0.15, 0.2) is 35.5 Å². The summed E-state index contributed by atoms with van der Waals surface area (Å²) in [6, 6.07) is 7.68. The predicted octanol–water partition coefficient (Wildman–Crippen LogP) is 2.99. The predicted molar refractivity (Wildman–Crippen MR) is 104 cm³/mol. The molecule has 0 atom stereocenters. The SMILES string of the molecule is CN=C(NCc1cn(C)nc1C(F)(F)F)N1CCN(c2cccc(Cl)c2)CC1. The Morgan fingerprint density at radius 1 is 1.25 bits per heavy atom. The van der Waals surface area contributed by atoms with E-state index in [1.807, 2.05) is 29.2 Å². The van der Waals surface area contributed by atoms with Crippen LogP contribution >= 0.6 is 11.6 Å². The van der Waals surface area contributed by atoms with E-state index in [0.717, 1.165) is 18.8 Å². The Hall–Kier alpha value is -2.42. The molecule has 1 aliphatic rings. The molecule has 2 heterocycles. The van der Waals surface area contributed by atoms with E-state index in [2.05, 4.69) is 20.3 Å². The second-order valence-electron chi connectivity index (χ2n) is 6.53. The number of halogens is 4. The maximum absolute atomic E-state index is 13.1. The largest absolute Gasteiger partial charge is 0.435 e. The first-order valence-electron chi connectivity index (χ1n) is 8.84. The van der Waals surface area contributed by atoms with Crippen LogP contribution in [-0.4, -0.2) is 53.9 Å². The van der Waals surface area contributed by atoms with E-state index in [9.17, 15) is 13.2 Å². The van der Waals surface area contributed by atoms with Crippen LogP contribution in [0.25, 0.3) is 0 Å². The molecule has 0 aliphatic carbocycles. The fourth-order valence-corrected chi connectivity index (χ4v) is 3.45. The molecule has 1 aliphatic heterocycles. The quantitative estimate of drug-likeness (QED) is 0.619. The molecule has 28 heavy (non-hydrogen) atoms. The summed E-state index contributed by atoms with van der Waals surface area (Å²) in [4.78, 5) is 8.47. The van der Waals surface area contributed by atoms with E-state index in [1.54, 1.807) is 7.05 Å². The van der Waals surface area contributed by atoms with Gasteiger partial charge in [-0.25, -0.2) is 0 Å². The van der Waals surface area contributed by atoms with Crippen molar-refractivity contribution in [2.24, 2.45) is 12.0 Å². The summed E-state index contributed by atoms with van der Waals surface area (Å²) in [5.74, 6) is 0.572. The Kier molecular flexibility index (Phi) is 6.02. The van der Waals surface area contributed by atoms with Gasteiger partial charge in [0.1, 0.15) is 0 Å². The first-order chi connectivity index (χ1) is 13.3. The molecular weight excluding hydrogens is 393 g/mol. The van der Waals surface area contributed by atoms with Gasteiger partial charge in [-0.3, -0.25) is 9.67 Å². The van der Waals surface area contributed by atoms with Crippen LogP contribution in [-0.2, 0) is 19.8 Å². The van der Waals surface area contributed by atoms with Crippen LogP contribution in [0.5, 0.6) is 0 Å². The maximum Gasteiger partial charge on any atom is 0.435 e. The third-order valence-electron chi connectivity index (χ3n) is 4.57. The molecule has 0 bridgehead atoms. The Morgan fingerprint density at radius 3 is 2.57 bits per heavy atom. The highest BCUT2D eigenvalue weighted by Gasteiger charge is 2.36. The van der Waals surface area contributed by atoms with Crippen LogP contribution in [0.4, 0.5) is 18.9 Å². The molecule has 1 saturated heterocycles. The van der Waals surface area contributed by atoms with E-state index in [-0.39, 0.29) is 12.1 Å². The van der Waals surface area contributed by atoms with Crippen molar-refractivity contribution in [3.05, 3.63) is 46.7 Å². The second-order valence-corrected chi connectivity index (χ2v) is 6.97. The maximum atomic E-state index is 13.1. The minimum Gasteiger partial charge on any atom is -0.368 e. The monoisotopic (exact) mass is 414 g/mol. The number of nitrogens with zero attached hydrogens (tertiary/aromatic N) is 5. The number of anilines is 1. The van der Waals surface area contributed by atoms with Crippen molar-refractivity contribution >= 4 is 23.2 Å². The van der Waals surface area contributed by atoms with Gasteiger partial charge >= 0.3 is 6.18 Å². The summed E-state index contributed by atoms with van der Waals surface area (Å²) in [7, 11) is 3.10. The summed E-state index contributed by atoms with van der Waals surface area (Å²) in [5.41, 5.74) is 0.276. The van der Waals surface area contributed by atoms with Crippen LogP contribution in [0.3, 0.4) is 0 Å². The van der Waals surface area contributed by atoms with Gasteiger partial charge in [0.25, 0.3) is 0 Å². The molecule has 1 aromatic heterocycles. The Bertz CT molecular complexity index is 840. The fourth-order valence-electron chi connectivity index (χ4n) is 3.26. The van der Waals surface area contributed by atoms with Gasteiger partial charge in [-0.15, -0.1) is 0 Å². The minimum atomic E-state index is -4.48. The average molecular weight is 415 g/mol. The number of hydrogen-bond acceptors (Lipinski definition) is 3. The van der Waals surface area contributed by atoms with E-state index >= 15 is 0 Å². The number of piperazine rings is 1. The van der Waals surface area contributed by atoms with Crippen LogP contribution in [0.2, 0.25) is 5.02 Å². The summed E-state index contributed by atoms with van der Waals surface area (Å²) in [5, 5.41) is 7.25. The van der Waals surface area contributed by atoms with Crippen molar-refractivity contribution in [2.75, 3.05) is 38.1 Å². The molecule has 6 nitrogen and oxygen atoms in total. The lowest BCUT2D eigenvalue weighted by Crippen LogP contribution is -2.52. The molecule has 1 aromatic carbocycles. The topological polar surface area (TPSA) is 48.7 Å². The van der Waals surface area contributed by atoms with E-state index in [0.29, 0.717) is 24.1 Å². The van der Waals surface area contributed by atoms with Gasteiger partial charge in [-0.05, 0) is 18.2 Å². The number of aliphatic imine (C=N–C) groups is 1. The average Bonchev–Trinajstić information content (AvgIpc) is 3.04. The van der Waals surface area contributed by atoms with Gasteiger partial charge in [0.2, 0.25) is 0 Å². The standard InChI is InChI=1S/C18H22ClF3N6/c1-23-17(24-11-13-12-26(2)25-16(13)18(20,21)22)28-8-6-27(7-9-28)15-5-3-4-14(19)10-15/h3-5,10,12H,6-9,11H2,1-2H3,(H,23,24). The van der Waals surface area contributed by atoms with Crippen LogP contribution < -0.4 is 10.2 Å². The molecule has 0 amide bonds. The summed E-state index contributed by atoms with van der Waals surface area (Å²) in [6.45, 7) is 2.93. The lowest BCUT2D eigenvalue weighted by Gasteiger charge is -2.37. The highest BCUT2D eigenvalue weighted by atomic mass is 35.5. The first kappa shape index (κ1) is 20.3. The summed E-state index contributed by atoms with van der Waals surface area (Å²) < 4.78 is 40.5. The third-order valence-corrected chi connectivity index (χ3v) is 4.81. The van der Waals surface area contributed by atoms with Crippen molar-refractivity contribution in [1.82, 2.24) is 20.0 Å². The van der Waals surface area contributed by atoms with Crippen LogP contribution in [0, 0.1) is 0 Å². The molecule has 3 rings (SSSR count). The normalized spacial score (nSPS) is 15.9. The van der Waals surface area contributed by atoms with E-state index in [4.69, 9.17) is 11.6 Å². The Labute approximate surface area is 166 Å². The number of benzene rings is 1. The molecule has 0 radical (unpaired) electrons. The van der Waals surface area contributed by atoms with Gasteiger partial charge < -0.3 is 15.1 Å². The van der Waals surface area contributed by atoms with Gasteiger partial charge in [-0.2, -0.15) is 18.3 Å². The Morgan fingerprint density at radius 2 is 1.96 bits per heavy atom. The smallest absolute Gasteiger partial charge is 0.368 e. The molecule has 0 saturated carbocycles. The molecule has 0 unspecified atom stereocenters. The van der Waals surface area contributed by atoms with Crippen molar-refractivity contribution in [2.45, 2.75) is 12.7 Å². The fraction of sp³-hybridized carbons (Fsp3) is 0.444. The van der Waals surface area contributed by atoms with Gasteiger partial charge in [0, 0.05) is 69.3 Å². The number of nitrogens with one attached hydrogen (secondary N) is 1. The second kappa shape index (κ2) is 8.30. The molecular formula is C18H22ClF3N6. The number of guanidine groups is 1. The number of aryl methyl sites for hydroxylation is 1. The molecule has 10 heteroatoms. The Balaban J connectivity index is 1.60. The molecule has 2 aromatic rings. The molecule has 1 N–H and O–H groups in total. The summed E-state index contributed by atoms with van der Waals surface area (Å²) in [6.07, 6.45) is -3.11. The third kappa shape index (κ3) is 4.70. The van der Waals surface area contributed by atoms with Gasteiger partial charge in [0.15, 0.2) is 11.7 Å². The van der Waals surface area contributed by atoms with Gasteiger partial charge in [0.05, 0.1) is 0 Å². The number of hydrogen-bond donors (Lipinski definition) is 1. The van der Waals surface area contributed by atoms with Crippen molar-refractivity contribution in [1.29, 1.82) is 0 Å². The lowest BCUT2D eigenvalue weighted by atomic mass is 10.2. The molecule has 0 spiro atoms. The minimum absolute atomic E-state index is 0.00383. The van der Waals surface area contributed by atoms with E-state index in [1.165, 1.54) is 17.9 Å². The van der Waals surface area contributed by atoms with Crippen LogP contribution in [0.1, 0.15) is 11.3 Å². The first-order valence-corrected chi connectivity index (χ1v) is 9.21. The molecule has 1 fully saturated rings. The highest BCUT2D eigenvalue weighted by Crippen LogP contribution is 2.30. The highest BCUT2D eigenvalue weighted by molar-refractivity contribution is 6.30. The summed E-state index contributed by atoms with van der Waals surface area (Å²) >= 11 is 6.06.